The van der Waals surface area contributed by atoms with E-state index in [1.54, 1.807) is 60.7 Å². The van der Waals surface area contributed by atoms with Crippen molar-refractivity contribution in [3.8, 4) is 17.2 Å². The van der Waals surface area contributed by atoms with Crippen LogP contribution < -0.4 is 19.6 Å². The molecule has 176 valence electrons. The van der Waals surface area contributed by atoms with Crippen LogP contribution in [0.4, 0.5) is 0 Å². The Morgan fingerprint density at radius 1 is 0.824 bits per heavy atom. The van der Waals surface area contributed by atoms with E-state index in [9.17, 15) is 9.59 Å². The average Bonchev–Trinajstić information content (AvgIpc) is 2.82. The smallest absolute Gasteiger partial charge is 0.343 e. The minimum Gasteiger partial charge on any atom is -0.490 e. The maximum absolute atomic E-state index is 12.8. The van der Waals surface area contributed by atoms with Crippen LogP contribution in [0.15, 0.2) is 65.8 Å². The van der Waals surface area contributed by atoms with Gasteiger partial charge in [-0.05, 0) is 74.5 Å². The second kappa shape index (κ2) is 12.1. The van der Waals surface area contributed by atoms with Crippen molar-refractivity contribution in [1.29, 1.82) is 0 Å². The van der Waals surface area contributed by atoms with Gasteiger partial charge in [0.2, 0.25) is 0 Å². The van der Waals surface area contributed by atoms with Crippen LogP contribution in [0, 0.1) is 0 Å². The minimum atomic E-state index is -0.605. The Hall–Kier alpha value is -3.55. The normalized spacial score (nSPS) is 10.7. The fraction of sp³-hybridized carbons (Fsp3) is 0.160. The number of carbonyl (C=O) groups excluding carboxylic acids is 2. The Balaban J connectivity index is 1.76. The highest BCUT2D eigenvalue weighted by Gasteiger charge is 2.15. The number of halogens is 2. The summed E-state index contributed by atoms with van der Waals surface area (Å²) in [5.74, 6) is 0.168. The first-order valence-corrected chi connectivity index (χ1v) is 11.2. The SMILES string of the molecule is CCOc1ccc(C(=O)Oc2ccc(Cl)cc2/C=N/NC(=O)c2ccc(Cl)cc2)cc1OCC. The number of hydrogen-bond acceptors (Lipinski definition) is 6. The van der Waals surface area contributed by atoms with E-state index in [1.165, 1.54) is 6.21 Å². The van der Waals surface area contributed by atoms with Gasteiger partial charge in [-0.2, -0.15) is 5.10 Å². The third-order valence-electron chi connectivity index (χ3n) is 4.43. The molecule has 7 nitrogen and oxygen atoms in total. The quantitative estimate of drug-likeness (QED) is 0.174. The molecule has 1 amide bonds. The van der Waals surface area contributed by atoms with Gasteiger partial charge in [0, 0.05) is 21.2 Å². The van der Waals surface area contributed by atoms with Crippen LogP contribution in [0.2, 0.25) is 10.0 Å². The molecule has 34 heavy (non-hydrogen) atoms. The molecule has 0 fully saturated rings. The lowest BCUT2D eigenvalue weighted by atomic mass is 10.2. The minimum absolute atomic E-state index is 0.214. The number of esters is 1. The predicted octanol–water partition coefficient (Wildman–Crippen LogP) is 5.77. The predicted molar refractivity (Wildman–Crippen MR) is 132 cm³/mol. The molecule has 0 aliphatic carbocycles. The van der Waals surface area contributed by atoms with Gasteiger partial charge >= 0.3 is 5.97 Å². The van der Waals surface area contributed by atoms with Crippen LogP contribution >= 0.6 is 23.2 Å². The van der Waals surface area contributed by atoms with E-state index in [1.807, 2.05) is 13.8 Å². The van der Waals surface area contributed by atoms with Crippen LogP contribution in [-0.4, -0.2) is 31.3 Å². The first-order chi connectivity index (χ1) is 16.4. The zero-order valence-corrected chi connectivity index (χ0v) is 20.0. The maximum Gasteiger partial charge on any atom is 0.343 e. The Morgan fingerprint density at radius 3 is 2.15 bits per heavy atom. The molecule has 0 atom stereocenters. The molecule has 0 unspecified atom stereocenters. The van der Waals surface area contributed by atoms with E-state index in [-0.39, 0.29) is 11.3 Å². The monoisotopic (exact) mass is 500 g/mol. The van der Waals surface area contributed by atoms with Crippen molar-refractivity contribution in [3.63, 3.8) is 0 Å². The summed E-state index contributed by atoms with van der Waals surface area (Å²) < 4.78 is 16.7. The summed E-state index contributed by atoms with van der Waals surface area (Å²) >= 11 is 11.9. The van der Waals surface area contributed by atoms with Gasteiger partial charge in [0.15, 0.2) is 11.5 Å². The molecular formula is C25H22Cl2N2O5. The molecular weight excluding hydrogens is 479 g/mol. The lowest BCUT2D eigenvalue weighted by Gasteiger charge is -2.13. The molecule has 0 spiro atoms. The van der Waals surface area contributed by atoms with E-state index in [2.05, 4.69) is 10.5 Å². The molecule has 0 saturated carbocycles. The van der Waals surface area contributed by atoms with Gasteiger partial charge < -0.3 is 14.2 Å². The van der Waals surface area contributed by atoms with Crippen LogP contribution in [-0.2, 0) is 0 Å². The number of amides is 1. The topological polar surface area (TPSA) is 86.2 Å². The van der Waals surface area contributed by atoms with Crippen molar-refractivity contribution in [2.75, 3.05) is 13.2 Å². The second-order valence-electron chi connectivity index (χ2n) is 6.81. The van der Waals surface area contributed by atoms with Crippen molar-refractivity contribution >= 4 is 41.3 Å². The molecule has 3 rings (SSSR count). The molecule has 0 aliphatic heterocycles. The van der Waals surface area contributed by atoms with Gasteiger partial charge in [0.05, 0.1) is 25.0 Å². The lowest BCUT2D eigenvalue weighted by molar-refractivity contribution is 0.0733. The van der Waals surface area contributed by atoms with Crippen molar-refractivity contribution in [2.24, 2.45) is 5.10 Å². The van der Waals surface area contributed by atoms with Crippen molar-refractivity contribution in [2.45, 2.75) is 13.8 Å². The number of rotatable bonds is 9. The van der Waals surface area contributed by atoms with E-state index in [0.29, 0.717) is 45.9 Å². The Kier molecular flexibility index (Phi) is 8.90. The number of nitrogens with zero attached hydrogens (tertiary/aromatic N) is 1. The first kappa shape index (κ1) is 25.1. The molecule has 0 radical (unpaired) electrons. The summed E-state index contributed by atoms with van der Waals surface area (Å²) in [4.78, 5) is 25.0. The Labute approximate surface area is 207 Å². The zero-order chi connectivity index (χ0) is 24.5. The maximum atomic E-state index is 12.8. The lowest BCUT2D eigenvalue weighted by Crippen LogP contribution is -2.17. The summed E-state index contributed by atoms with van der Waals surface area (Å²) in [6.07, 6.45) is 1.34. The molecule has 0 aromatic heterocycles. The van der Waals surface area contributed by atoms with Crippen LogP contribution in [0.3, 0.4) is 0 Å². The van der Waals surface area contributed by atoms with Gasteiger partial charge in [-0.15, -0.1) is 0 Å². The van der Waals surface area contributed by atoms with Crippen molar-refractivity contribution in [3.05, 3.63) is 87.4 Å². The Bertz CT molecular complexity index is 1200. The van der Waals surface area contributed by atoms with Gasteiger partial charge in [-0.25, -0.2) is 10.2 Å². The van der Waals surface area contributed by atoms with E-state index < -0.39 is 11.9 Å². The van der Waals surface area contributed by atoms with E-state index >= 15 is 0 Å². The van der Waals surface area contributed by atoms with E-state index in [0.717, 1.165) is 0 Å². The molecule has 3 aromatic carbocycles. The standard InChI is InChI=1S/C25H22Cl2N2O5/c1-3-32-22-11-7-17(14-23(22)33-4-2)25(31)34-21-12-10-20(27)13-18(21)15-28-29-24(30)16-5-8-19(26)9-6-16/h5-15H,3-4H2,1-2H3,(H,29,30)/b28-15+. The number of carbonyl (C=O) groups is 2. The van der Waals surface area contributed by atoms with E-state index in [4.69, 9.17) is 37.4 Å². The first-order valence-electron chi connectivity index (χ1n) is 10.4. The molecule has 0 bridgehead atoms. The van der Waals surface area contributed by atoms with Crippen molar-refractivity contribution in [1.82, 2.24) is 5.43 Å². The number of hydrogen-bond donors (Lipinski definition) is 1. The zero-order valence-electron chi connectivity index (χ0n) is 18.5. The summed E-state index contributed by atoms with van der Waals surface area (Å²) in [7, 11) is 0. The van der Waals surface area contributed by atoms with Crippen LogP contribution in [0.25, 0.3) is 0 Å². The molecule has 1 N–H and O–H groups in total. The van der Waals surface area contributed by atoms with Crippen LogP contribution in [0.5, 0.6) is 17.2 Å². The fourth-order valence-electron chi connectivity index (χ4n) is 2.88. The van der Waals surface area contributed by atoms with Gasteiger partial charge in [0.1, 0.15) is 5.75 Å². The molecule has 0 saturated heterocycles. The molecule has 0 heterocycles. The highest BCUT2D eigenvalue weighted by Crippen LogP contribution is 2.29. The average molecular weight is 501 g/mol. The van der Waals surface area contributed by atoms with Gasteiger partial charge in [-0.1, -0.05) is 23.2 Å². The summed E-state index contributed by atoms with van der Waals surface area (Å²) in [5.41, 5.74) is 3.48. The van der Waals surface area contributed by atoms with Crippen molar-refractivity contribution < 1.29 is 23.8 Å². The molecule has 0 aliphatic rings. The highest BCUT2D eigenvalue weighted by molar-refractivity contribution is 6.31. The van der Waals surface area contributed by atoms with Gasteiger partial charge in [0.25, 0.3) is 5.91 Å². The van der Waals surface area contributed by atoms with Crippen LogP contribution in [0.1, 0.15) is 40.1 Å². The third-order valence-corrected chi connectivity index (χ3v) is 4.92. The summed E-state index contributed by atoms with van der Waals surface area (Å²) in [6.45, 7) is 4.58. The fourth-order valence-corrected chi connectivity index (χ4v) is 3.18. The second-order valence-corrected chi connectivity index (χ2v) is 7.68. The number of hydrazone groups is 1. The number of ether oxygens (including phenoxy) is 3. The Morgan fingerprint density at radius 2 is 1.44 bits per heavy atom. The summed E-state index contributed by atoms with van der Waals surface area (Å²) in [5, 5.41) is 4.88. The third kappa shape index (κ3) is 6.73. The molecule has 9 heteroatoms. The molecule has 3 aromatic rings. The highest BCUT2D eigenvalue weighted by atomic mass is 35.5. The summed E-state index contributed by atoms with van der Waals surface area (Å²) in [6, 6.07) is 15.9. The van der Waals surface area contributed by atoms with Gasteiger partial charge in [-0.3, -0.25) is 4.79 Å². The largest absolute Gasteiger partial charge is 0.490 e. The number of nitrogens with one attached hydrogen (secondary N) is 1. The number of benzene rings is 3.